The molecule has 0 aliphatic rings. The number of hydrogen-bond donors (Lipinski definition) is 1. The van der Waals surface area contributed by atoms with Crippen LogP contribution in [0, 0.1) is 5.92 Å². The summed E-state index contributed by atoms with van der Waals surface area (Å²) in [6.07, 6.45) is 1.71. The van der Waals surface area contributed by atoms with E-state index in [0.29, 0.717) is 12.5 Å². The second kappa shape index (κ2) is 7.02. The van der Waals surface area contributed by atoms with Crippen LogP contribution in [0.4, 0.5) is 0 Å². The van der Waals surface area contributed by atoms with Gasteiger partial charge in [-0.15, -0.1) is 0 Å². The fourth-order valence-corrected chi connectivity index (χ4v) is 1.99. The third-order valence-electron chi connectivity index (χ3n) is 2.61. The molecule has 0 saturated carbocycles. The average molecular weight is 301 g/mol. The third-order valence-corrected chi connectivity index (χ3v) is 3.10. The van der Waals surface area contributed by atoms with Crippen molar-refractivity contribution in [2.24, 2.45) is 5.92 Å². The van der Waals surface area contributed by atoms with E-state index in [9.17, 15) is 5.11 Å². The van der Waals surface area contributed by atoms with Gasteiger partial charge in [0.2, 0.25) is 0 Å². The minimum atomic E-state index is -0.497. The predicted molar refractivity (Wildman–Crippen MR) is 74.3 cm³/mol. The van der Waals surface area contributed by atoms with Gasteiger partial charge in [0.15, 0.2) is 0 Å². The molecule has 2 nitrogen and oxygen atoms in total. The fraction of sp³-hybridized carbons (Fsp3) is 0.571. The molecule has 0 amide bonds. The fourth-order valence-electron chi connectivity index (χ4n) is 1.65. The van der Waals surface area contributed by atoms with E-state index in [0.717, 1.165) is 28.6 Å². The molecule has 3 heteroatoms. The van der Waals surface area contributed by atoms with Gasteiger partial charge in [-0.25, -0.2) is 0 Å². The Morgan fingerprint density at radius 1 is 1.29 bits per heavy atom. The van der Waals surface area contributed by atoms with Crippen molar-refractivity contribution in [1.29, 1.82) is 0 Å². The van der Waals surface area contributed by atoms with E-state index in [2.05, 4.69) is 29.8 Å². The van der Waals surface area contributed by atoms with E-state index >= 15 is 0 Å². The van der Waals surface area contributed by atoms with E-state index in [1.807, 2.05) is 18.2 Å². The Morgan fingerprint density at radius 2 is 2.00 bits per heavy atom. The van der Waals surface area contributed by atoms with Gasteiger partial charge in [0, 0.05) is 10.0 Å². The Labute approximate surface area is 112 Å². The largest absolute Gasteiger partial charge is 0.493 e. The van der Waals surface area contributed by atoms with Crippen LogP contribution in [0.1, 0.15) is 45.3 Å². The van der Waals surface area contributed by atoms with E-state index in [4.69, 9.17) is 4.74 Å². The van der Waals surface area contributed by atoms with Crippen molar-refractivity contribution in [3.05, 3.63) is 28.2 Å². The van der Waals surface area contributed by atoms with Crippen molar-refractivity contribution in [2.45, 2.75) is 39.7 Å². The molecule has 0 heterocycles. The third kappa shape index (κ3) is 5.09. The first-order valence-electron chi connectivity index (χ1n) is 6.11. The van der Waals surface area contributed by atoms with Crippen LogP contribution >= 0.6 is 15.9 Å². The lowest BCUT2D eigenvalue weighted by Crippen LogP contribution is -2.03. The van der Waals surface area contributed by atoms with Crippen molar-refractivity contribution in [3.8, 4) is 5.75 Å². The topological polar surface area (TPSA) is 29.5 Å². The van der Waals surface area contributed by atoms with Crippen LogP contribution in [0.25, 0.3) is 0 Å². The minimum absolute atomic E-state index is 0.497. The van der Waals surface area contributed by atoms with Crippen LogP contribution < -0.4 is 4.74 Å². The molecule has 1 rings (SSSR count). The highest BCUT2D eigenvalue weighted by Crippen LogP contribution is 2.28. The van der Waals surface area contributed by atoms with Crippen LogP contribution in [0.2, 0.25) is 0 Å². The number of halogens is 1. The standard InChI is InChI=1S/C14H21BrO2/c1-10(2)5-4-8-17-14-9-12(15)6-7-13(14)11(3)16/h6-7,9-11,16H,4-5,8H2,1-3H3. The molecule has 0 bridgehead atoms. The number of aliphatic hydroxyl groups is 1. The highest BCUT2D eigenvalue weighted by molar-refractivity contribution is 9.10. The molecule has 1 aromatic carbocycles. The molecule has 0 fully saturated rings. The zero-order valence-electron chi connectivity index (χ0n) is 10.7. The van der Waals surface area contributed by atoms with Gasteiger partial charge in [-0.2, -0.15) is 0 Å². The molecule has 17 heavy (non-hydrogen) atoms. The molecular formula is C14H21BrO2. The van der Waals surface area contributed by atoms with Crippen molar-refractivity contribution < 1.29 is 9.84 Å². The number of benzene rings is 1. The van der Waals surface area contributed by atoms with Crippen LogP contribution in [0.3, 0.4) is 0 Å². The van der Waals surface area contributed by atoms with Crippen LogP contribution in [0.5, 0.6) is 5.75 Å². The Kier molecular flexibility index (Phi) is 6.00. The number of rotatable bonds is 6. The summed E-state index contributed by atoms with van der Waals surface area (Å²) in [6, 6.07) is 5.73. The lowest BCUT2D eigenvalue weighted by molar-refractivity contribution is 0.190. The summed E-state index contributed by atoms with van der Waals surface area (Å²) >= 11 is 3.42. The van der Waals surface area contributed by atoms with Gasteiger partial charge < -0.3 is 9.84 Å². The zero-order chi connectivity index (χ0) is 12.8. The summed E-state index contributed by atoms with van der Waals surface area (Å²) in [5.41, 5.74) is 0.845. The van der Waals surface area contributed by atoms with Gasteiger partial charge >= 0.3 is 0 Å². The first-order valence-corrected chi connectivity index (χ1v) is 6.90. The lowest BCUT2D eigenvalue weighted by atomic mass is 10.1. The average Bonchev–Trinajstić information content (AvgIpc) is 2.23. The Hall–Kier alpha value is -0.540. The van der Waals surface area contributed by atoms with E-state index in [-0.39, 0.29) is 0 Å². The summed E-state index contributed by atoms with van der Waals surface area (Å²) in [6.45, 7) is 6.87. The second-order valence-electron chi connectivity index (χ2n) is 4.74. The Bertz CT molecular complexity index is 348. The summed E-state index contributed by atoms with van der Waals surface area (Å²) in [5.74, 6) is 1.48. The van der Waals surface area contributed by atoms with E-state index in [1.54, 1.807) is 6.92 Å². The molecule has 1 aromatic rings. The summed E-state index contributed by atoms with van der Waals surface area (Å²) < 4.78 is 6.71. The van der Waals surface area contributed by atoms with Gasteiger partial charge in [-0.3, -0.25) is 0 Å². The molecule has 96 valence electrons. The Balaban J connectivity index is 2.59. The zero-order valence-corrected chi connectivity index (χ0v) is 12.3. The van der Waals surface area contributed by atoms with Crippen molar-refractivity contribution in [2.75, 3.05) is 6.61 Å². The van der Waals surface area contributed by atoms with E-state index < -0.39 is 6.10 Å². The van der Waals surface area contributed by atoms with E-state index in [1.165, 1.54) is 0 Å². The van der Waals surface area contributed by atoms with Crippen molar-refractivity contribution in [3.63, 3.8) is 0 Å². The van der Waals surface area contributed by atoms with Gasteiger partial charge in [-0.1, -0.05) is 35.8 Å². The molecule has 1 N–H and O–H groups in total. The monoisotopic (exact) mass is 300 g/mol. The molecular weight excluding hydrogens is 280 g/mol. The molecule has 0 spiro atoms. The smallest absolute Gasteiger partial charge is 0.126 e. The maximum Gasteiger partial charge on any atom is 0.126 e. The molecule has 0 radical (unpaired) electrons. The highest BCUT2D eigenvalue weighted by Gasteiger charge is 2.09. The number of ether oxygens (including phenoxy) is 1. The van der Waals surface area contributed by atoms with Crippen LogP contribution in [-0.2, 0) is 0 Å². The first-order chi connectivity index (χ1) is 8.00. The van der Waals surface area contributed by atoms with Gasteiger partial charge in [-0.05, 0) is 37.8 Å². The van der Waals surface area contributed by atoms with Crippen LogP contribution in [-0.4, -0.2) is 11.7 Å². The minimum Gasteiger partial charge on any atom is -0.493 e. The number of hydrogen-bond acceptors (Lipinski definition) is 2. The molecule has 0 aromatic heterocycles. The summed E-state index contributed by atoms with van der Waals surface area (Å²) in [7, 11) is 0. The summed E-state index contributed by atoms with van der Waals surface area (Å²) in [4.78, 5) is 0. The van der Waals surface area contributed by atoms with Gasteiger partial charge in [0.25, 0.3) is 0 Å². The molecule has 0 aliphatic carbocycles. The maximum atomic E-state index is 9.64. The molecule has 0 aliphatic heterocycles. The van der Waals surface area contributed by atoms with Crippen LogP contribution in [0.15, 0.2) is 22.7 Å². The second-order valence-corrected chi connectivity index (χ2v) is 5.66. The normalized spacial score (nSPS) is 12.8. The maximum absolute atomic E-state index is 9.64. The molecule has 0 saturated heterocycles. The first kappa shape index (κ1) is 14.5. The number of aliphatic hydroxyl groups excluding tert-OH is 1. The highest BCUT2D eigenvalue weighted by atomic mass is 79.9. The van der Waals surface area contributed by atoms with Gasteiger partial charge in [0.05, 0.1) is 12.7 Å². The quantitative estimate of drug-likeness (QED) is 0.793. The lowest BCUT2D eigenvalue weighted by Gasteiger charge is -2.14. The SMILES string of the molecule is CC(C)CCCOc1cc(Br)ccc1C(C)O. The van der Waals surface area contributed by atoms with Crippen molar-refractivity contribution in [1.82, 2.24) is 0 Å². The summed E-state index contributed by atoms with van der Waals surface area (Å²) in [5, 5.41) is 9.64. The van der Waals surface area contributed by atoms with Gasteiger partial charge in [0.1, 0.15) is 5.75 Å². The molecule has 1 unspecified atom stereocenters. The predicted octanol–water partition coefficient (Wildman–Crippen LogP) is 4.32. The van der Waals surface area contributed by atoms with Crippen molar-refractivity contribution >= 4 is 15.9 Å². The Morgan fingerprint density at radius 3 is 2.59 bits per heavy atom. The molecule has 1 atom stereocenters.